The first-order valence-corrected chi connectivity index (χ1v) is 9.18. The third-order valence-electron chi connectivity index (χ3n) is 5.94. The van der Waals surface area contributed by atoms with Crippen LogP contribution in [0.25, 0.3) is 0 Å². The second-order valence-corrected chi connectivity index (χ2v) is 7.38. The van der Waals surface area contributed by atoms with Crippen LogP contribution >= 0.6 is 0 Å². The predicted octanol–water partition coefficient (Wildman–Crippen LogP) is 1.58. The van der Waals surface area contributed by atoms with Crippen molar-refractivity contribution in [3.63, 3.8) is 0 Å². The zero-order valence-electron chi connectivity index (χ0n) is 15.0. The van der Waals surface area contributed by atoms with Gasteiger partial charge in [0.25, 0.3) is 0 Å². The van der Waals surface area contributed by atoms with Crippen molar-refractivity contribution in [3.05, 3.63) is 6.07 Å². The van der Waals surface area contributed by atoms with E-state index in [-0.39, 0.29) is 5.92 Å². The van der Waals surface area contributed by atoms with Crippen LogP contribution in [0, 0.1) is 17.8 Å². The SMILES string of the molecule is COc1cc(OC)nc(N2CCC(C(=O)N3CC4CCCC4C3)C2)n1. The number of rotatable bonds is 4. The van der Waals surface area contributed by atoms with Crippen molar-refractivity contribution >= 4 is 11.9 Å². The van der Waals surface area contributed by atoms with Crippen LogP contribution < -0.4 is 14.4 Å². The van der Waals surface area contributed by atoms with Gasteiger partial charge in [-0.1, -0.05) is 6.42 Å². The van der Waals surface area contributed by atoms with Gasteiger partial charge in [0.15, 0.2) is 0 Å². The maximum absolute atomic E-state index is 12.9. The maximum Gasteiger partial charge on any atom is 0.231 e. The fourth-order valence-electron chi connectivity index (χ4n) is 4.56. The van der Waals surface area contributed by atoms with Gasteiger partial charge in [0.1, 0.15) is 0 Å². The standard InChI is InChI=1S/C18H26N4O3/c1-24-15-8-16(25-2)20-18(19-15)21-7-6-14(11-21)17(23)22-9-12-4-3-5-13(12)10-22/h8,12-14H,3-7,9-11H2,1-2H3. The molecule has 3 aliphatic rings. The number of hydrogen-bond donors (Lipinski definition) is 0. The van der Waals surface area contributed by atoms with E-state index < -0.39 is 0 Å². The minimum atomic E-state index is 0.0413. The van der Waals surface area contributed by atoms with E-state index >= 15 is 0 Å². The number of amides is 1. The molecule has 3 unspecified atom stereocenters. The van der Waals surface area contributed by atoms with Gasteiger partial charge >= 0.3 is 0 Å². The summed E-state index contributed by atoms with van der Waals surface area (Å²) in [4.78, 5) is 25.9. The van der Waals surface area contributed by atoms with E-state index in [2.05, 4.69) is 19.8 Å². The van der Waals surface area contributed by atoms with Gasteiger partial charge in [-0.25, -0.2) is 0 Å². The molecule has 3 fully saturated rings. The molecule has 136 valence electrons. The molecule has 0 N–H and O–H groups in total. The molecule has 2 aliphatic heterocycles. The number of carbonyl (C=O) groups excluding carboxylic acids is 1. The van der Waals surface area contributed by atoms with E-state index in [1.54, 1.807) is 20.3 Å². The first kappa shape index (κ1) is 16.4. The predicted molar refractivity (Wildman–Crippen MR) is 92.9 cm³/mol. The van der Waals surface area contributed by atoms with Crippen molar-refractivity contribution in [2.24, 2.45) is 17.8 Å². The summed E-state index contributed by atoms with van der Waals surface area (Å²) in [6.45, 7) is 3.38. The van der Waals surface area contributed by atoms with Gasteiger partial charge < -0.3 is 19.3 Å². The summed E-state index contributed by atoms with van der Waals surface area (Å²) in [5.74, 6) is 3.36. The lowest BCUT2D eigenvalue weighted by atomic mass is 10.0. The van der Waals surface area contributed by atoms with Gasteiger partial charge in [-0.3, -0.25) is 4.79 Å². The van der Waals surface area contributed by atoms with E-state index in [0.29, 0.717) is 30.2 Å². The highest BCUT2D eigenvalue weighted by molar-refractivity contribution is 5.80. The Kier molecular flexibility index (Phi) is 4.39. The molecule has 1 saturated carbocycles. The molecular formula is C18H26N4O3. The van der Waals surface area contributed by atoms with Crippen molar-refractivity contribution in [2.75, 3.05) is 45.3 Å². The Labute approximate surface area is 148 Å². The smallest absolute Gasteiger partial charge is 0.231 e. The van der Waals surface area contributed by atoms with Crippen molar-refractivity contribution in [3.8, 4) is 11.8 Å². The first-order chi connectivity index (χ1) is 12.2. The normalized spacial score (nSPS) is 28.3. The quantitative estimate of drug-likeness (QED) is 0.825. The highest BCUT2D eigenvalue weighted by atomic mass is 16.5. The number of fused-ring (bicyclic) bond motifs is 1. The number of methoxy groups -OCH3 is 2. The van der Waals surface area contributed by atoms with Gasteiger partial charge in [-0.05, 0) is 31.1 Å². The highest BCUT2D eigenvalue weighted by Crippen LogP contribution is 2.38. The van der Waals surface area contributed by atoms with Crippen molar-refractivity contribution in [2.45, 2.75) is 25.7 Å². The number of ether oxygens (including phenoxy) is 2. The Balaban J connectivity index is 1.42. The van der Waals surface area contributed by atoms with Gasteiger partial charge in [0.2, 0.25) is 23.6 Å². The van der Waals surface area contributed by atoms with Crippen LogP contribution in [0.2, 0.25) is 0 Å². The molecule has 1 aromatic heterocycles. The molecule has 0 bridgehead atoms. The molecule has 7 heteroatoms. The number of anilines is 1. The summed E-state index contributed by atoms with van der Waals surface area (Å²) in [5.41, 5.74) is 0. The first-order valence-electron chi connectivity index (χ1n) is 9.18. The van der Waals surface area contributed by atoms with Gasteiger partial charge in [-0.2, -0.15) is 9.97 Å². The fourth-order valence-corrected chi connectivity index (χ4v) is 4.56. The minimum Gasteiger partial charge on any atom is -0.481 e. The van der Waals surface area contributed by atoms with E-state index in [9.17, 15) is 4.79 Å². The average Bonchev–Trinajstić information content (AvgIpc) is 3.35. The summed E-state index contributed by atoms with van der Waals surface area (Å²) in [6, 6.07) is 1.66. The Morgan fingerprint density at radius 2 is 1.68 bits per heavy atom. The van der Waals surface area contributed by atoms with Crippen LogP contribution in [0.1, 0.15) is 25.7 Å². The van der Waals surface area contributed by atoms with Crippen molar-refractivity contribution in [1.82, 2.24) is 14.9 Å². The zero-order valence-corrected chi connectivity index (χ0v) is 15.0. The Hall–Kier alpha value is -2.05. The Bertz CT molecular complexity index is 619. The summed E-state index contributed by atoms with van der Waals surface area (Å²) in [7, 11) is 3.15. The van der Waals surface area contributed by atoms with Gasteiger partial charge in [-0.15, -0.1) is 0 Å². The third-order valence-corrected chi connectivity index (χ3v) is 5.94. The van der Waals surface area contributed by atoms with E-state index in [1.807, 2.05) is 0 Å². The van der Waals surface area contributed by atoms with E-state index in [1.165, 1.54) is 19.3 Å². The van der Waals surface area contributed by atoms with Gasteiger partial charge in [0.05, 0.1) is 26.2 Å². The van der Waals surface area contributed by atoms with Crippen LogP contribution in [0.15, 0.2) is 6.07 Å². The van der Waals surface area contributed by atoms with Crippen LogP contribution in [0.5, 0.6) is 11.8 Å². The third kappa shape index (κ3) is 3.12. The lowest BCUT2D eigenvalue weighted by molar-refractivity contribution is -0.134. The average molecular weight is 346 g/mol. The number of carbonyl (C=O) groups is 1. The molecule has 0 radical (unpaired) electrons. The Morgan fingerprint density at radius 3 is 2.28 bits per heavy atom. The molecule has 3 heterocycles. The molecule has 2 saturated heterocycles. The highest BCUT2D eigenvalue weighted by Gasteiger charge is 2.41. The largest absolute Gasteiger partial charge is 0.481 e. The van der Waals surface area contributed by atoms with Crippen LogP contribution in [0.4, 0.5) is 5.95 Å². The number of hydrogen-bond acceptors (Lipinski definition) is 6. The summed E-state index contributed by atoms with van der Waals surface area (Å²) in [5, 5.41) is 0. The Morgan fingerprint density at radius 1 is 1.04 bits per heavy atom. The molecule has 7 nitrogen and oxygen atoms in total. The molecular weight excluding hydrogens is 320 g/mol. The second kappa shape index (κ2) is 6.69. The molecule has 1 aliphatic carbocycles. The minimum absolute atomic E-state index is 0.0413. The van der Waals surface area contributed by atoms with Crippen LogP contribution in [0.3, 0.4) is 0 Å². The molecule has 0 aromatic carbocycles. The van der Waals surface area contributed by atoms with Crippen LogP contribution in [-0.2, 0) is 4.79 Å². The number of aromatic nitrogens is 2. The second-order valence-electron chi connectivity index (χ2n) is 7.38. The summed E-state index contributed by atoms with van der Waals surface area (Å²) in [6.07, 6.45) is 4.78. The molecule has 25 heavy (non-hydrogen) atoms. The lowest BCUT2D eigenvalue weighted by Crippen LogP contribution is -2.36. The van der Waals surface area contributed by atoms with Crippen LogP contribution in [-0.4, -0.2) is 61.2 Å². The number of nitrogens with zero attached hydrogens (tertiary/aromatic N) is 4. The topological polar surface area (TPSA) is 67.8 Å². The number of likely N-dealkylation sites (tertiary alicyclic amines) is 1. The fraction of sp³-hybridized carbons (Fsp3) is 0.722. The summed E-state index contributed by atoms with van der Waals surface area (Å²) >= 11 is 0. The molecule has 4 rings (SSSR count). The monoisotopic (exact) mass is 346 g/mol. The molecule has 1 aromatic rings. The molecule has 3 atom stereocenters. The maximum atomic E-state index is 12.9. The van der Waals surface area contributed by atoms with E-state index in [0.717, 1.165) is 37.9 Å². The van der Waals surface area contributed by atoms with Crippen molar-refractivity contribution < 1.29 is 14.3 Å². The van der Waals surface area contributed by atoms with Gasteiger partial charge in [0, 0.05) is 26.2 Å². The van der Waals surface area contributed by atoms with Crippen molar-refractivity contribution in [1.29, 1.82) is 0 Å². The zero-order chi connectivity index (χ0) is 17.4. The lowest BCUT2D eigenvalue weighted by Gasteiger charge is -2.22. The molecule has 1 amide bonds. The summed E-state index contributed by atoms with van der Waals surface area (Å²) < 4.78 is 10.4. The van der Waals surface area contributed by atoms with E-state index in [4.69, 9.17) is 9.47 Å². The molecule has 0 spiro atoms.